The van der Waals surface area contributed by atoms with Gasteiger partial charge in [0.15, 0.2) is 23.0 Å². The zero-order chi connectivity index (χ0) is 21.5. The quantitative estimate of drug-likeness (QED) is 0.651. The molecule has 2 aromatic carbocycles. The summed E-state index contributed by atoms with van der Waals surface area (Å²) in [4.78, 5) is 5.14. The average molecular weight is 433 g/mol. The molecule has 5 aliphatic heterocycles. The summed E-state index contributed by atoms with van der Waals surface area (Å²) >= 11 is 0. The molecule has 5 aliphatic rings. The van der Waals surface area contributed by atoms with Crippen molar-refractivity contribution >= 4 is 0 Å². The molecule has 6 heteroatoms. The van der Waals surface area contributed by atoms with E-state index in [-0.39, 0.29) is 0 Å². The molecule has 1 unspecified atom stereocenters. The smallest absolute Gasteiger partial charge is 0.231 e. The number of hydrogen-bond acceptors (Lipinski definition) is 6. The maximum Gasteiger partial charge on any atom is 0.231 e. The Bertz CT molecular complexity index is 989. The Balaban J connectivity index is 1.22. The molecule has 6 nitrogen and oxygen atoms in total. The van der Waals surface area contributed by atoms with Gasteiger partial charge in [0, 0.05) is 38.1 Å². The van der Waals surface area contributed by atoms with Gasteiger partial charge in [-0.25, -0.2) is 0 Å². The first-order chi connectivity index (χ1) is 15.7. The molecule has 0 aromatic heterocycles. The minimum atomic E-state index is 0.300. The molecule has 2 bridgehead atoms. The Kier molecular flexibility index (Phi) is 5.09. The van der Waals surface area contributed by atoms with Crippen LogP contribution in [0.4, 0.5) is 0 Å². The standard InChI is InChI=1S/C26H28N2O4/c1-2-20-14-28-8-7-21(20)11-22(28)15-27(12-18-3-5-23-25(9-18)31-16-29-23)13-19-4-6-24-26(10-19)32-17-30-24/h1,3-6,9-10,20-22H,7-8,11-17H2/t20-,21+,22-/m1/s1. The van der Waals surface area contributed by atoms with E-state index < -0.39 is 0 Å². The van der Waals surface area contributed by atoms with Crippen molar-refractivity contribution in [1.29, 1.82) is 0 Å². The fourth-order valence-electron chi connectivity index (χ4n) is 5.59. The monoisotopic (exact) mass is 432 g/mol. The van der Waals surface area contributed by atoms with Crippen LogP contribution in [0.5, 0.6) is 23.0 Å². The maximum absolute atomic E-state index is 5.80. The molecule has 0 amide bonds. The number of benzene rings is 2. The van der Waals surface area contributed by atoms with Crippen LogP contribution in [0, 0.1) is 24.2 Å². The van der Waals surface area contributed by atoms with Crippen LogP contribution in [-0.4, -0.2) is 49.1 Å². The molecule has 0 radical (unpaired) electrons. The molecular weight excluding hydrogens is 404 g/mol. The van der Waals surface area contributed by atoms with Crippen LogP contribution in [0.3, 0.4) is 0 Å². The summed E-state index contributed by atoms with van der Waals surface area (Å²) in [6, 6.07) is 13.1. The minimum Gasteiger partial charge on any atom is -0.454 e. The second-order valence-corrected chi connectivity index (χ2v) is 9.25. The van der Waals surface area contributed by atoms with E-state index >= 15 is 0 Å². The number of nitrogens with zero attached hydrogens (tertiary/aromatic N) is 2. The van der Waals surface area contributed by atoms with Crippen LogP contribution in [0.1, 0.15) is 24.0 Å². The lowest BCUT2D eigenvalue weighted by molar-refractivity contribution is 0.00285. The molecule has 3 fully saturated rings. The summed E-state index contributed by atoms with van der Waals surface area (Å²) in [5.74, 6) is 7.43. The van der Waals surface area contributed by atoms with E-state index in [0.29, 0.717) is 31.5 Å². The number of ether oxygens (including phenoxy) is 4. The molecule has 7 rings (SSSR count). The average Bonchev–Trinajstić information content (AvgIpc) is 3.48. The van der Waals surface area contributed by atoms with Crippen molar-refractivity contribution in [3.8, 4) is 35.3 Å². The maximum atomic E-state index is 5.80. The summed E-state index contributed by atoms with van der Waals surface area (Å²) in [5, 5.41) is 0. The van der Waals surface area contributed by atoms with Crippen LogP contribution in [-0.2, 0) is 13.1 Å². The summed E-state index contributed by atoms with van der Waals surface area (Å²) in [6.45, 7) is 5.50. The predicted octanol–water partition coefficient (Wildman–Crippen LogP) is 3.49. The van der Waals surface area contributed by atoms with Gasteiger partial charge in [0.05, 0.1) is 0 Å². The van der Waals surface area contributed by atoms with E-state index in [9.17, 15) is 0 Å². The molecule has 32 heavy (non-hydrogen) atoms. The third kappa shape index (κ3) is 3.76. The van der Waals surface area contributed by atoms with Crippen molar-refractivity contribution in [2.45, 2.75) is 32.0 Å². The molecule has 0 aliphatic carbocycles. The Hall–Kier alpha value is -2.88. The highest BCUT2D eigenvalue weighted by Crippen LogP contribution is 2.38. The topological polar surface area (TPSA) is 43.4 Å². The number of rotatable bonds is 6. The molecule has 4 atom stereocenters. The zero-order valence-corrected chi connectivity index (χ0v) is 18.2. The van der Waals surface area contributed by atoms with Crippen LogP contribution < -0.4 is 18.9 Å². The van der Waals surface area contributed by atoms with Gasteiger partial charge >= 0.3 is 0 Å². The number of fused-ring (bicyclic) bond motifs is 5. The number of hydrogen-bond donors (Lipinski definition) is 0. The summed E-state index contributed by atoms with van der Waals surface area (Å²) in [6.07, 6.45) is 8.22. The summed E-state index contributed by atoms with van der Waals surface area (Å²) in [5.41, 5.74) is 2.46. The Morgan fingerprint density at radius 2 is 1.53 bits per heavy atom. The SMILES string of the molecule is C#C[C@@H]1CN2CC[C@H]1C[C@@H]2CN(Cc1ccc2c(c1)OCO2)Cc1ccc2c(c1)OCO2. The lowest BCUT2D eigenvalue weighted by Crippen LogP contribution is -2.56. The third-order valence-electron chi connectivity index (χ3n) is 7.25. The van der Waals surface area contributed by atoms with Gasteiger partial charge in [0.25, 0.3) is 0 Å². The Labute approximate surface area is 189 Å². The highest BCUT2D eigenvalue weighted by Gasteiger charge is 2.39. The lowest BCUT2D eigenvalue weighted by Gasteiger charge is -2.49. The third-order valence-corrected chi connectivity index (χ3v) is 7.25. The van der Waals surface area contributed by atoms with E-state index in [1.54, 1.807) is 0 Å². The molecule has 166 valence electrons. The van der Waals surface area contributed by atoms with Gasteiger partial charge in [-0.2, -0.15) is 0 Å². The van der Waals surface area contributed by atoms with Gasteiger partial charge in [-0.3, -0.25) is 9.80 Å². The van der Waals surface area contributed by atoms with Crippen LogP contribution in [0.15, 0.2) is 36.4 Å². The van der Waals surface area contributed by atoms with Crippen molar-refractivity contribution in [3.05, 3.63) is 47.5 Å². The van der Waals surface area contributed by atoms with Gasteiger partial charge in [0.2, 0.25) is 13.6 Å². The van der Waals surface area contributed by atoms with Crippen LogP contribution >= 0.6 is 0 Å². The van der Waals surface area contributed by atoms with Crippen molar-refractivity contribution in [2.75, 3.05) is 33.2 Å². The first-order valence-electron chi connectivity index (χ1n) is 11.4. The molecule has 0 spiro atoms. The predicted molar refractivity (Wildman–Crippen MR) is 120 cm³/mol. The van der Waals surface area contributed by atoms with Crippen molar-refractivity contribution < 1.29 is 18.9 Å². The zero-order valence-electron chi connectivity index (χ0n) is 18.2. The van der Waals surface area contributed by atoms with Gasteiger partial charge in [0.1, 0.15) is 0 Å². The highest BCUT2D eigenvalue weighted by molar-refractivity contribution is 5.45. The molecule has 0 N–H and O–H groups in total. The second-order valence-electron chi connectivity index (χ2n) is 9.25. The van der Waals surface area contributed by atoms with Crippen LogP contribution in [0.2, 0.25) is 0 Å². The van der Waals surface area contributed by atoms with Gasteiger partial charge in [-0.1, -0.05) is 12.1 Å². The largest absolute Gasteiger partial charge is 0.454 e. The van der Waals surface area contributed by atoms with Gasteiger partial charge in [-0.15, -0.1) is 12.3 Å². The van der Waals surface area contributed by atoms with Crippen molar-refractivity contribution in [2.24, 2.45) is 11.8 Å². The van der Waals surface area contributed by atoms with Gasteiger partial charge in [-0.05, 0) is 60.7 Å². The number of terminal acetylenes is 1. The highest BCUT2D eigenvalue weighted by atomic mass is 16.7. The van der Waals surface area contributed by atoms with E-state index in [1.807, 2.05) is 12.1 Å². The summed E-state index contributed by atoms with van der Waals surface area (Å²) < 4.78 is 22.2. The second kappa shape index (κ2) is 8.23. The first-order valence-corrected chi connectivity index (χ1v) is 11.4. The first kappa shape index (κ1) is 19.8. The molecule has 5 heterocycles. The van der Waals surface area contributed by atoms with Gasteiger partial charge < -0.3 is 18.9 Å². The Morgan fingerprint density at radius 3 is 2.09 bits per heavy atom. The van der Waals surface area contributed by atoms with E-state index in [4.69, 9.17) is 25.4 Å². The van der Waals surface area contributed by atoms with Crippen molar-refractivity contribution in [3.63, 3.8) is 0 Å². The number of piperidine rings is 3. The minimum absolute atomic E-state index is 0.300. The normalized spacial score (nSPS) is 27.0. The van der Waals surface area contributed by atoms with Crippen molar-refractivity contribution in [1.82, 2.24) is 9.80 Å². The molecule has 2 aromatic rings. The lowest BCUT2D eigenvalue weighted by atomic mass is 9.76. The molecule has 0 saturated carbocycles. The fourth-order valence-corrected chi connectivity index (χ4v) is 5.59. The van der Waals surface area contributed by atoms with Crippen LogP contribution in [0.25, 0.3) is 0 Å². The van der Waals surface area contributed by atoms with E-state index in [1.165, 1.54) is 24.0 Å². The molecular formula is C26H28N2O4. The van der Waals surface area contributed by atoms with E-state index in [0.717, 1.165) is 55.7 Å². The summed E-state index contributed by atoms with van der Waals surface area (Å²) in [7, 11) is 0. The Morgan fingerprint density at radius 1 is 0.906 bits per heavy atom. The fraction of sp³-hybridized carbons (Fsp3) is 0.462. The molecule has 3 saturated heterocycles. The van der Waals surface area contributed by atoms with E-state index in [2.05, 4.69) is 40.0 Å².